The van der Waals surface area contributed by atoms with Crippen LogP contribution in [0.1, 0.15) is 33.6 Å². The molecular formula is C14H27NOSn. The first-order chi connectivity index (χ1) is 7.65. The number of aliphatic hydroxyl groups is 1. The normalized spacial score (nSPS) is 17.5. The fourth-order valence-electron chi connectivity index (χ4n) is 2.43. The van der Waals surface area contributed by atoms with Gasteiger partial charge in [0.1, 0.15) is 0 Å². The van der Waals surface area contributed by atoms with Crippen molar-refractivity contribution in [3.05, 3.63) is 20.9 Å². The Hall–Kier alpha value is 0.0387. The van der Waals surface area contributed by atoms with E-state index in [0.717, 1.165) is 12.8 Å². The van der Waals surface area contributed by atoms with Crippen LogP contribution in [0.2, 0.25) is 14.8 Å². The predicted octanol–water partition coefficient (Wildman–Crippen LogP) is 3.22. The van der Waals surface area contributed by atoms with Crippen molar-refractivity contribution in [1.29, 1.82) is 0 Å². The first-order valence-electron chi connectivity index (χ1n) is 6.47. The third-order valence-electron chi connectivity index (χ3n) is 2.85. The van der Waals surface area contributed by atoms with Gasteiger partial charge in [0.05, 0.1) is 0 Å². The van der Waals surface area contributed by atoms with Gasteiger partial charge < -0.3 is 0 Å². The number of hydrogen-bond donors (Lipinski definition) is 2. The van der Waals surface area contributed by atoms with Gasteiger partial charge in [0, 0.05) is 0 Å². The second-order valence-electron chi connectivity index (χ2n) is 6.90. The quantitative estimate of drug-likeness (QED) is 0.768. The molecule has 2 nitrogen and oxygen atoms in total. The van der Waals surface area contributed by atoms with Gasteiger partial charge in [-0.25, -0.2) is 0 Å². The molecule has 0 radical (unpaired) electrons. The summed E-state index contributed by atoms with van der Waals surface area (Å²) in [5, 5.41) is 12.8. The zero-order valence-corrected chi connectivity index (χ0v) is 15.0. The summed E-state index contributed by atoms with van der Waals surface area (Å²) in [4.78, 5) is 7.35. The van der Waals surface area contributed by atoms with Crippen molar-refractivity contribution in [2.75, 3.05) is 6.61 Å². The van der Waals surface area contributed by atoms with E-state index in [1.165, 1.54) is 11.3 Å². The molecule has 2 N–H and O–H groups in total. The van der Waals surface area contributed by atoms with E-state index in [4.69, 9.17) is 0 Å². The number of nitrogens with one attached hydrogen (secondary N) is 1. The number of allylic oxidation sites excluding steroid dienone is 2. The van der Waals surface area contributed by atoms with Gasteiger partial charge in [0.25, 0.3) is 0 Å². The second kappa shape index (κ2) is 5.35. The molecule has 0 amide bonds. The maximum absolute atomic E-state index is 9.17. The summed E-state index contributed by atoms with van der Waals surface area (Å²) in [6.45, 7) is 6.88. The van der Waals surface area contributed by atoms with Crippen LogP contribution in [0.4, 0.5) is 0 Å². The third-order valence-corrected chi connectivity index (χ3v) is 8.91. The molecule has 0 saturated heterocycles. The molecule has 0 aromatic rings. The Bertz CT molecular complexity index is 342. The number of rotatable bonds is 4. The molecule has 0 fully saturated rings. The Morgan fingerprint density at radius 3 is 2.29 bits per heavy atom. The Kier molecular flexibility index (Phi) is 4.75. The van der Waals surface area contributed by atoms with E-state index in [1.807, 2.05) is 0 Å². The Morgan fingerprint density at radius 1 is 1.29 bits per heavy atom. The Balaban J connectivity index is 3.01. The van der Waals surface area contributed by atoms with Crippen LogP contribution < -0.4 is 5.32 Å². The molecule has 0 spiro atoms. The van der Waals surface area contributed by atoms with E-state index in [9.17, 15) is 5.11 Å². The second-order valence-corrected chi connectivity index (χ2v) is 21.2. The van der Waals surface area contributed by atoms with Crippen LogP contribution in [0.5, 0.6) is 0 Å². The molecule has 0 bridgehead atoms. The number of hydrogen-bond acceptors (Lipinski definition) is 2. The third kappa shape index (κ3) is 4.32. The summed E-state index contributed by atoms with van der Waals surface area (Å²) in [5.74, 6) is 0. The van der Waals surface area contributed by atoms with Gasteiger partial charge in [0.2, 0.25) is 0 Å². The van der Waals surface area contributed by atoms with E-state index in [0.29, 0.717) is 0 Å². The van der Waals surface area contributed by atoms with Crippen LogP contribution in [0.25, 0.3) is 0 Å². The van der Waals surface area contributed by atoms with Crippen LogP contribution in [0.3, 0.4) is 0 Å². The van der Waals surface area contributed by atoms with Gasteiger partial charge in [-0.3, -0.25) is 0 Å². The van der Waals surface area contributed by atoms with Gasteiger partial charge >= 0.3 is 110 Å². The fourth-order valence-corrected chi connectivity index (χ4v) is 8.88. The molecule has 1 rings (SSSR count). The van der Waals surface area contributed by atoms with Gasteiger partial charge in [-0.1, -0.05) is 0 Å². The number of aliphatic hydroxyl groups excluding tert-OH is 1. The van der Waals surface area contributed by atoms with Crippen molar-refractivity contribution in [1.82, 2.24) is 5.32 Å². The summed E-state index contributed by atoms with van der Waals surface area (Å²) in [6, 6.07) is 0. The van der Waals surface area contributed by atoms with Crippen LogP contribution in [-0.2, 0) is 0 Å². The van der Waals surface area contributed by atoms with Gasteiger partial charge in [-0.05, 0) is 0 Å². The van der Waals surface area contributed by atoms with Crippen LogP contribution >= 0.6 is 0 Å². The van der Waals surface area contributed by atoms with Crippen molar-refractivity contribution in [3.8, 4) is 0 Å². The molecular weight excluding hydrogens is 317 g/mol. The molecule has 1 aliphatic carbocycles. The monoisotopic (exact) mass is 345 g/mol. The molecule has 98 valence electrons. The van der Waals surface area contributed by atoms with Crippen LogP contribution in [0.15, 0.2) is 20.9 Å². The molecule has 0 unspecified atom stereocenters. The predicted molar refractivity (Wildman–Crippen MR) is 77.7 cm³/mol. The van der Waals surface area contributed by atoms with Crippen LogP contribution in [0, 0.1) is 0 Å². The minimum atomic E-state index is -2.11. The molecule has 0 atom stereocenters. The first-order valence-corrected chi connectivity index (χ1v) is 16.5. The van der Waals surface area contributed by atoms with Gasteiger partial charge in [-0.2, -0.15) is 0 Å². The zero-order chi connectivity index (χ0) is 13.3. The van der Waals surface area contributed by atoms with E-state index in [2.05, 4.69) is 47.0 Å². The summed E-state index contributed by atoms with van der Waals surface area (Å²) < 4.78 is 1.60. The standard InChI is InChI=1S/C11H18NO.3CH3.Sn/c1-11(2,3)12-10-5-4-9(8-10)6-7-13;;;;/h5,12-13H,4,6-7H2,1-3H3;3*1H3;. The fraction of sp³-hybridized carbons (Fsp3) is 0.714. The molecule has 0 saturated carbocycles. The van der Waals surface area contributed by atoms with Crippen molar-refractivity contribution in [3.63, 3.8) is 0 Å². The molecule has 1 aliphatic rings. The molecule has 0 heterocycles. The summed E-state index contributed by atoms with van der Waals surface area (Å²) in [7, 11) is 0. The average molecular weight is 344 g/mol. The molecule has 17 heavy (non-hydrogen) atoms. The zero-order valence-electron chi connectivity index (χ0n) is 12.1. The Morgan fingerprint density at radius 2 is 1.88 bits per heavy atom. The SMILES string of the molecule is CC(C)(C)NC1=CCC(CCO)=[C]1[Sn]([CH3])([CH3])[CH3]. The minimum absolute atomic E-state index is 0.114. The average Bonchev–Trinajstić information content (AvgIpc) is 2.44. The molecule has 0 aromatic carbocycles. The summed E-state index contributed by atoms with van der Waals surface area (Å²) in [6.07, 6.45) is 4.19. The van der Waals surface area contributed by atoms with Crippen molar-refractivity contribution in [2.24, 2.45) is 0 Å². The molecule has 0 aliphatic heterocycles. The van der Waals surface area contributed by atoms with E-state index >= 15 is 0 Å². The van der Waals surface area contributed by atoms with Crippen molar-refractivity contribution < 1.29 is 5.11 Å². The summed E-state index contributed by atoms with van der Waals surface area (Å²) in [5.41, 5.74) is 2.94. The van der Waals surface area contributed by atoms with Gasteiger partial charge in [-0.15, -0.1) is 0 Å². The van der Waals surface area contributed by atoms with E-state index < -0.39 is 18.4 Å². The van der Waals surface area contributed by atoms with Crippen LogP contribution in [-0.4, -0.2) is 35.6 Å². The summed E-state index contributed by atoms with van der Waals surface area (Å²) >= 11 is -2.11. The first kappa shape index (κ1) is 15.1. The van der Waals surface area contributed by atoms with Gasteiger partial charge in [0.15, 0.2) is 0 Å². The molecule has 0 aromatic heterocycles. The maximum atomic E-state index is 9.17. The van der Waals surface area contributed by atoms with E-state index in [-0.39, 0.29) is 12.1 Å². The topological polar surface area (TPSA) is 32.3 Å². The van der Waals surface area contributed by atoms with Crippen molar-refractivity contribution >= 4 is 18.4 Å². The van der Waals surface area contributed by atoms with E-state index in [1.54, 1.807) is 3.59 Å². The molecule has 3 heteroatoms. The Labute approximate surface area is 110 Å². The van der Waals surface area contributed by atoms with Crippen molar-refractivity contribution in [2.45, 2.75) is 54.0 Å².